The second-order valence-corrected chi connectivity index (χ2v) is 8.56. The van der Waals surface area contributed by atoms with Gasteiger partial charge in [-0.05, 0) is 25.2 Å². The van der Waals surface area contributed by atoms with Gasteiger partial charge in [0.05, 0.1) is 12.6 Å². The number of hydrogen-bond donors (Lipinski definition) is 1. The van der Waals surface area contributed by atoms with Crippen LogP contribution in [0.2, 0.25) is 0 Å². The van der Waals surface area contributed by atoms with Crippen LogP contribution < -0.4 is 0 Å². The summed E-state index contributed by atoms with van der Waals surface area (Å²) in [7, 11) is 0. The molecule has 1 aromatic heterocycles. The first kappa shape index (κ1) is 20.4. The molecule has 2 aliphatic rings. The zero-order valence-electron chi connectivity index (χ0n) is 16.6. The Morgan fingerprint density at radius 2 is 2.25 bits per heavy atom. The first-order valence-corrected chi connectivity index (χ1v) is 9.96. The molecule has 0 aromatic carbocycles. The highest BCUT2D eigenvalue weighted by Crippen LogP contribution is 2.46. The van der Waals surface area contributed by atoms with E-state index in [1.807, 2.05) is 10.8 Å². The highest BCUT2D eigenvalue weighted by atomic mass is 19.1. The topological polar surface area (TPSA) is 102 Å². The highest BCUT2D eigenvalue weighted by molar-refractivity contribution is 5.78. The number of aromatic nitrogens is 3. The van der Waals surface area contributed by atoms with E-state index in [1.165, 1.54) is 15.9 Å². The summed E-state index contributed by atoms with van der Waals surface area (Å²) in [5, 5.41) is 13.3. The van der Waals surface area contributed by atoms with Gasteiger partial charge in [-0.2, -0.15) is 10.4 Å². The van der Waals surface area contributed by atoms with Crippen LogP contribution in [0.5, 0.6) is 0 Å². The van der Waals surface area contributed by atoms with Crippen molar-refractivity contribution in [2.24, 2.45) is 11.3 Å². The zero-order chi connectivity index (χ0) is 20.3. The molecule has 152 valence electrons. The van der Waals surface area contributed by atoms with Crippen molar-refractivity contribution >= 4 is 5.91 Å². The number of carbonyl (C=O) groups is 1. The maximum Gasteiger partial charge on any atom is 0.291 e. The van der Waals surface area contributed by atoms with Crippen molar-refractivity contribution < 1.29 is 13.9 Å². The van der Waals surface area contributed by atoms with Crippen molar-refractivity contribution in [1.29, 1.82) is 10.8 Å². The first-order chi connectivity index (χ1) is 13.3. The molecular formula is C19H29FN7O+. The van der Waals surface area contributed by atoms with Crippen LogP contribution in [0.25, 0.3) is 0 Å². The fourth-order valence-electron chi connectivity index (χ4n) is 4.83. The molecule has 0 bridgehead atoms. The van der Waals surface area contributed by atoms with E-state index in [-0.39, 0.29) is 36.9 Å². The van der Waals surface area contributed by atoms with Gasteiger partial charge in [-0.3, -0.25) is 9.48 Å². The second kappa shape index (κ2) is 8.33. The van der Waals surface area contributed by atoms with E-state index >= 15 is 0 Å². The van der Waals surface area contributed by atoms with Gasteiger partial charge in [-0.1, -0.05) is 19.4 Å². The Labute approximate surface area is 164 Å². The van der Waals surface area contributed by atoms with Crippen LogP contribution in [0, 0.1) is 28.2 Å². The Morgan fingerprint density at radius 1 is 1.46 bits per heavy atom. The van der Waals surface area contributed by atoms with Crippen molar-refractivity contribution in [1.82, 2.24) is 19.7 Å². The lowest BCUT2D eigenvalue weighted by Crippen LogP contribution is -2.44. The summed E-state index contributed by atoms with van der Waals surface area (Å²) in [6.45, 7) is 5.04. The average Bonchev–Trinajstić information content (AvgIpc) is 3.34. The molecule has 8 nitrogen and oxygen atoms in total. The van der Waals surface area contributed by atoms with E-state index in [0.717, 1.165) is 32.2 Å². The molecule has 1 saturated heterocycles. The standard InChI is InChI=1S/C19H29FN7O/c1-19(2)14(4-3-7-25-13-23-12-24-25)5-6-17(19)27(22)11-18(28)26-10-15(20)8-16(26)9-21/h12-17,22H,3-8,10-11H2,1-2H3/q+1. The molecule has 0 spiro atoms. The molecule has 0 radical (unpaired) electrons. The van der Waals surface area contributed by atoms with Gasteiger partial charge >= 0.3 is 0 Å². The summed E-state index contributed by atoms with van der Waals surface area (Å²) in [5.74, 6) is 0.143. The van der Waals surface area contributed by atoms with Crippen LogP contribution in [0.3, 0.4) is 0 Å². The minimum absolute atomic E-state index is 0.0304. The third kappa shape index (κ3) is 4.21. The largest absolute Gasteiger partial charge is 0.318 e. The molecule has 2 heterocycles. The lowest BCUT2D eigenvalue weighted by Gasteiger charge is -2.29. The number of aryl methyl sites for hydroxylation is 1. The number of alkyl halides is 1. The van der Waals surface area contributed by atoms with Crippen molar-refractivity contribution in [2.75, 3.05) is 13.1 Å². The quantitative estimate of drug-likeness (QED) is 0.570. The SMILES string of the molecule is CC1(C)C(CCCn2cncn2)CCC1[N+](=N)CC(=O)N1CC(F)CC1C#N. The van der Waals surface area contributed by atoms with E-state index < -0.39 is 12.2 Å². The van der Waals surface area contributed by atoms with E-state index in [1.54, 1.807) is 6.33 Å². The minimum atomic E-state index is -1.15. The molecule has 2 fully saturated rings. The Morgan fingerprint density at radius 3 is 2.93 bits per heavy atom. The third-order valence-electron chi connectivity index (χ3n) is 6.51. The van der Waals surface area contributed by atoms with Crippen LogP contribution in [0.4, 0.5) is 4.39 Å². The monoisotopic (exact) mass is 390 g/mol. The number of carbonyl (C=O) groups excluding carboxylic acids is 1. The molecule has 1 N–H and O–H groups in total. The maximum atomic E-state index is 13.6. The zero-order valence-corrected chi connectivity index (χ0v) is 16.6. The number of rotatable bonds is 7. The van der Waals surface area contributed by atoms with Gasteiger partial charge in [0.1, 0.15) is 24.9 Å². The normalized spacial score (nSPS) is 29.0. The van der Waals surface area contributed by atoms with Gasteiger partial charge in [0.15, 0.2) is 6.04 Å². The molecule has 1 saturated carbocycles. The number of amides is 1. The summed E-state index contributed by atoms with van der Waals surface area (Å²) in [6, 6.07) is 1.26. The van der Waals surface area contributed by atoms with Crippen LogP contribution in [0.15, 0.2) is 12.7 Å². The Hall–Kier alpha value is -2.37. The van der Waals surface area contributed by atoms with Crippen molar-refractivity contribution in [3.05, 3.63) is 12.7 Å². The number of hydrogen-bond acceptors (Lipinski definition) is 5. The van der Waals surface area contributed by atoms with Crippen LogP contribution >= 0.6 is 0 Å². The van der Waals surface area contributed by atoms with E-state index in [9.17, 15) is 9.18 Å². The third-order valence-corrected chi connectivity index (χ3v) is 6.51. The molecule has 1 aliphatic heterocycles. The smallest absolute Gasteiger partial charge is 0.291 e. The lowest BCUT2D eigenvalue weighted by atomic mass is 9.77. The summed E-state index contributed by atoms with van der Waals surface area (Å²) in [4.78, 5) is 17.8. The van der Waals surface area contributed by atoms with Gasteiger partial charge in [0.2, 0.25) is 6.54 Å². The summed E-state index contributed by atoms with van der Waals surface area (Å²) < 4.78 is 16.8. The maximum absolute atomic E-state index is 13.6. The number of nitrogens with zero attached hydrogens (tertiary/aromatic N) is 6. The molecule has 4 atom stereocenters. The molecule has 28 heavy (non-hydrogen) atoms. The molecular weight excluding hydrogens is 361 g/mol. The number of nitriles is 1. The lowest BCUT2D eigenvalue weighted by molar-refractivity contribution is -0.650. The Kier molecular flexibility index (Phi) is 6.06. The fraction of sp³-hybridized carbons (Fsp3) is 0.789. The molecule has 1 amide bonds. The van der Waals surface area contributed by atoms with Gasteiger partial charge in [0, 0.05) is 24.8 Å². The van der Waals surface area contributed by atoms with Gasteiger partial charge < -0.3 is 4.90 Å². The number of halogens is 1. The predicted octanol–water partition coefficient (Wildman–Crippen LogP) is 2.37. The van der Waals surface area contributed by atoms with E-state index in [2.05, 4.69) is 23.9 Å². The summed E-state index contributed by atoms with van der Waals surface area (Å²) in [6.07, 6.45) is 6.10. The van der Waals surface area contributed by atoms with E-state index in [4.69, 9.17) is 10.8 Å². The number of likely N-dealkylation sites (tertiary alicyclic amines) is 1. The molecule has 1 aromatic rings. The van der Waals surface area contributed by atoms with Gasteiger partial charge in [-0.25, -0.2) is 9.37 Å². The van der Waals surface area contributed by atoms with Crippen LogP contribution in [-0.4, -0.2) is 61.6 Å². The van der Waals surface area contributed by atoms with Gasteiger partial charge in [0.25, 0.3) is 5.91 Å². The van der Waals surface area contributed by atoms with Crippen molar-refractivity contribution in [2.45, 2.75) is 70.8 Å². The second-order valence-electron chi connectivity index (χ2n) is 8.56. The Bertz CT molecular complexity index is 742. The summed E-state index contributed by atoms with van der Waals surface area (Å²) in [5.41, 5.74) is 8.37. The summed E-state index contributed by atoms with van der Waals surface area (Å²) >= 11 is 0. The van der Waals surface area contributed by atoms with Crippen LogP contribution in [0.1, 0.15) is 46.0 Å². The van der Waals surface area contributed by atoms with Crippen LogP contribution in [-0.2, 0) is 11.3 Å². The van der Waals surface area contributed by atoms with Crippen molar-refractivity contribution in [3.8, 4) is 6.07 Å². The number of nitrogens with one attached hydrogen (secondary N) is 1. The molecule has 1 aliphatic carbocycles. The van der Waals surface area contributed by atoms with E-state index in [0.29, 0.717) is 5.92 Å². The minimum Gasteiger partial charge on any atom is -0.318 e. The van der Waals surface area contributed by atoms with Gasteiger partial charge in [-0.15, -0.1) is 4.70 Å². The highest BCUT2D eigenvalue weighted by Gasteiger charge is 2.50. The van der Waals surface area contributed by atoms with Crippen molar-refractivity contribution in [3.63, 3.8) is 0 Å². The first-order valence-electron chi connectivity index (χ1n) is 9.96. The fourth-order valence-corrected chi connectivity index (χ4v) is 4.83. The molecule has 4 unspecified atom stereocenters. The Balaban J connectivity index is 1.53. The molecule has 3 rings (SSSR count). The average molecular weight is 390 g/mol. The predicted molar refractivity (Wildman–Crippen MR) is 98.0 cm³/mol. The molecule has 9 heteroatoms.